The predicted octanol–water partition coefficient (Wildman–Crippen LogP) is 2.68. The van der Waals surface area contributed by atoms with E-state index < -0.39 is 15.0 Å². The molecule has 116 valence electrons. The number of hydrogen-bond donors (Lipinski definition) is 0. The highest BCUT2D eigenvalue weighted by Crippen LogP contribution is 2.30. The molecule has 0 saturated carbocycles. The molecule has 0 bridgehead atoms. The molecule has 8 heteroatoms. The quantitative estimate of drug-likeness (QED) is 0.477. The first kappa shape index (κ1) is 15.8. The van der Waals surface area contributed by atoms with Crippen molar-refractivity contribution < 1.29 is 22.3 Å². The van der Waals surface area contributed by atoms with Crippen LogP contribution in [0.2, 0.25) is 0 Å². The third kappa shape index (κ3) is 3.34. The van der Waals surface area contributed by atoms with Crippen LogP contribution < -0.4 is 8.92 Å². The molecular weight excluding hydrogens is 310 g/mol. The zero-order valence-corrected chi connectivity index (χ0v) is 12.7. The van der Waals surface area contributed by atoms with Crippen LogP contribution in [0.1, 0.15) is 5.56 Å². The van der Waals surface area contributed by atoms with Gasteiger partial charge in [-0.25, -0.2) is 0 Å². The van der Waals surface area contributed by atoms with Gasteiger partial charge in [0.05, 0.1) is 18.1 Å². The molecule has 0 aliphatic rings. The monoisotopic (exact) mass is 323 g/mol. The molecule has 0 saturated heterocycles. The van der Waals surface area contributed by atoms with Gasteiger partial charge in [0.2, 0.25) is 0 Å². The van der Waals surface area contributed by atoms with Gasteiger partial charge >= 0.3 is 10.1 Å². The molecule has 2 aromatic rings. The number of hydrogen-bond acceptors (Lipinski definition) is 6. The van der Waals surface area contributed by atoms with Gasteiger partial charge < -0.3 is 8.92 Å². The van der Waals surface area contributed by atoms with Crippen molar-refractivity contribution in [1.29, 1.82) is 0 Å². The number of non-ortho nitro benzene ring substituents is 1. The van der Waals surface area contributed by atoms with Gasteiger partial charge in [0.25, 0.3) is 5.69 Å². The van der Waals surface area contributed by atoms with E-state index in [-0.39, 0.29) is 22.1 Å². The van der Waals surface area contributed by atoms with E-state index in [1.165, 1.54) is 19.2 Å². The van der Waals surface area contributed by atoms with Crippen molar-refractivity contribution in [2.24, 2.45) is 0 Å². The van der Waals surface area contributed by atoms with E-state index >= 15 is 0 Å². The Morgan fingerprint density at radius 3 is 2.27 bits per heavy atom. The fourth-order valence-electron chi connectivity index (χ4n) is 1.74. The Balaban J connectivity index is 2.40. The number of nitro groups is 1. The summed E-state index contributed by atoms with van der Waals surface area (Å²) in [4.78, 5) is 9.81. The summed E-state index contributed by atoms with van der Waals surface area (Å²) in [7, 11) is -2.93. The second-order valence-electron chi connectivity index (χ2n) is 4.44. The van der Waals surface area contributed by atoms with Crippen molar-refractivity contribution in [3.05, 3.63) is 58.1 Å². The second-order valence-corrected chi connectivity index (χ2v) is 5.96. The lowest BCUT2D eigenvalue weighted by Gasteiger charge is -2.10. The van der Waals surface area contributed by atoms with E-state index in [1.807, 2.05) is 6.92 Å². The maximum atomic E-state index is 12.3. The van der Waals surface area contributed by atoms with Crippen molar-refractivity contribution in [2.45, 2.75) is 11.8 Å². The van der Waals surface area contributed by atoms with Crippen molar-refractivity contribution in [1.82, 2.24) is 0 Å². The third-order valence-electron chi connectivity index (χ3n) is 2.85. The number of benzene rings is 2. The van der Waals surface area contributed by atoms with Crippen molar-refractivity contribution in [3.63, 3.8) is 0 Å². The SMILES string of the molecule is COc1cc([N+](=O)[O-])ccc1S(=O)(=O)Oc1ccc(C)cc1. The summed E-state index contributed by atoms with van der Waals surface area (Å²) in [5.41, 5.74) is 0.684. The maximum absolute atomic E-state index is 12.3. The highest BCUT2D eigenvalue weighted by atomic mass is 32.2. The normalized spacial score (nSPS) is 11.0. The molecule has 0 unspecified atom stereocenters. The molecule has 0 fully saturated rings. The Morgan fingerprint density at radius 1 is 1.09 bits per heavy atom. The molecule has 0 atom stereocenters. The van der Waals surface area contributed by atoms with Crippen LogP contribution >= 0.6 is 0 Å². The minimum atomic E-state index is -4.16. The number of nitrogens with zero attached hydrogens (tertiary/aromatic N) is 1. The first-order chi connectivity index (χ1) is 10.3. The summed E-state index contributed by atoms with van der Waals surface area (Å²) in [5, 5.41) is 10.7. The van der Waals surface area contributed by atoms with Crippen LogP contribution in [-0.4, -0.2) is 20.5 Å². The average molecular weight is 323 g/mol. The summed E-state index contributed by atoms with van der Waals surface area (Å²) in [6, 6.07) is 9.64. The smallest absolute Gasteiger partial charge is 0.342 e. The number of rotatable bonds is 5. The van der Waals surface area contributed by atoms with Crippen LogP contribution in [0.25, 0.3) is 0 Å². The first-order valence-corrected chi connectivity index (χ1v) is 7.58. The standard InChI is InChI=1S/C14H13NO6S/c1-10-3-6-12(7-4-10)21-22(18,19)14-8-5-11(15(16)17)9-13(14)20-2/h3-9H,1-2H3. The van der Waals surface area contributed by atoms with E-state index in [0.717, 1.165) is 23.8 Å². The molecule has 0 aliphatic heterocycles. The van der Waals surface area contributed by atoms with Crippen LogP contribution in [0.4, 0.5) is 5.69 Å². The largest absolute Gasteiger partial charge is 0.495 e. The highest BCUT2D eigenvalue weighted by Gasteiger charge is 2.24. The van der Waals surface area contributed by atoms with E-state index in [1.54, 1.807) is 12.1 Å². The predicted molar refractivity (Wildman–Crippen MR) is 78.6 cm³/mol. The lowest BCUT2D eigenvalue weighted by molar-refractivity contribution is -0.385. The topological polar surface area (TPSA) is 95.7 Å². The zero-order chi connectivity index (χ0) is 16.3. The lowest BCUT2D eigenvalue weighted by Crippen LogP contribution is -2.11. The van der Waals surface area contributed by atoms with Gasteiger partial charge in [-0.1, -0.05) is 17.7 Å². The summed E-state index contributed by atoms with van der Waals surface area (Å²) < 4.78 is 34.5. The number of methoxy groups -OCH3 is 1. The lowest BCUT2D eigenvalue weighted by atomic mass is 10.2. The van der Waals surface area contributed by atoms with Crippen molar-refractivity contribution in [2.75, 3.05) is 7.11 Å². The van der Waals surface area contributed by atoms with Gasteiger partial charge in [0.1, 0.15) is 16.4 Å². The summed E-state index contributed by atoms with van der Waals surface area (Å²) in [5.74, 6) is -0.00711. The van der Waals surface area contributed by atoms with Gasteiger partial charge in [-0.15, -0.1) is 0 Å². The zero-order valence-electron chi connectivity index (χ0n) is 11.8. The van der Waals surface area contributed by atoms with E-state index in [2.05, 4.69) is 0 Å². The third-order valence-corrected chi connectivity index (χ3v) is 4.14. The van der Waals surface area contributed by atoms with Gasteiger partial charge in [-0.2, -0.15) is 8.42 Å². The van der Waals surface area contributed by atoms with Crippen LogP contribution in [0.3, 0.4) is 0 Å². The first-order valence-electron chi connectivity index (χ1n) is 6.17. The molecule has 0 radical (unpaired) electrons. The van der Waals surface area contributed by atoms with Gasteiger partial charge in [-0.3, -0.25) is 10.1 Å². The Labute approximate surface area is 127 Å². The molecule has 0 aliphatic carbocycles. The molecule has 0 spiro atoms. The second kappa shape index (κ2) is 6.02. The molecule has 7 nitrogen and oxygen atoms in total. The maximum Gasteiger partial charge on any atom is 0.342 e. The van der Waals surface area contributed by atoms with Crippen LogP contribution in [0.15, 0.2) is 47.4 Å². The Kier molecular flexibility index (Phi) is 4.32. The fraction of sp³-hybridized carbons (Fsp3) is 0.143. The average Bonchev–Trinajstić information content (AvgIpc) is 2.48. The molecule has 0 aromatic heterocycles. The Morgan fingerprint density at radius 2 is 1.73 bits per heavy atom. The minimum absolute atomic E-state index is 0.144. The minimum Gasteiger partial charge on any atom is -0.495 e. The highest BCUT2D eigenvalue weighted by molar-refractivity contribution is 7.87. The molecule has 0 N–H and O–H groups in total. The van der Waals surface area contributed by atoms with Gasteiger partial charge in [0, 0.05) is 6.07 Å². The van der Waals surface area contributed by atoms with Crippen molar-refractivity contribution in [3.8, 4) is 11.5 Å². The molecule has 2 aromatic carbocycles. The van der Waals surface area contributed by atoms with Crippen molar-refractivity contribution >= 4 is 15.8 Å². The molecule has 22 heavy (non-hydrogen) atoms. The molecule has 0 amide bonds. The number of aryl methyl sites for hydroxylation is 1. The van der Waals surface area contributed by atoms with Crippen LogP contribution in [0, 0.1) is 17.0 Å². The summed E-state index contributed by atoms with van der Waals surface area (Å²) in [6.45, 7) is 1.86. The van der Waals surface area contributed by atoms with Gasteiger partial charge in [0.15, 0.2) is 0 Å². The molecule has 2 rings (SSSR count). The van der Waals surface area contributed by atoms with E-state index in [4.69, 9.17) is 8.92 Å². The van der Waals surface area contributed by atoms with E-state index in [0.29, 0.717) is 0 Å². The van der Waals surface area contributed by atoms with E-state index in [9.17, 15) is 18.5 Å². The number of ether oxygens (including phenoxy) is 1. The summed E-state index contributed by atoms with van der Waals surface area (Å²) in [6.07, 6.45) is 0. The van der Waals surface area contributed by atoms with Gasteiger partial charge in [-0.05, 0) is 25.1 Å². The Hall–Kier alpha value is -2.61. The fourth-order valence-corrected chi connectivity index (χ4v) is 2.82. The Bertz CT molecular complexity index is 799. The molecule has 0 heterocycles. The number of nitro benzene ring substituents is 1. The van der Waals surface area contributed by atoms with Crippen LogP contribution in [-0.2, 0) is 10.1 Å². The molecular formula is C14H13NO6S. The van der Waals surface area contributed by atoms with Crippen LogP contribution in [0.5, 0.6) is 11.5 Å². The summed E-state index contributed by atoms with van der Waals surface area (Å²) >= 11 is 0.